The highest BCUT2D eigenvalue weighted by molar-refractivity contribution is 5.91. The van der Waals surface area contributed by atoms with Gasteiger partial charge in [-0.05, 0) is 18.2 Å². The molecule has 0 aliphatic carbocycles. The predicted molar refractivity (Wildman–Crippen MR) is 71.4 cm³/mol. The van der Waals surface area contributed by atoms with Crippen LogP contribution in [0.4, 0.5) is 0 Å². The highest BCUT2D eigenvalue weighted by Gasteiger charge is 2.08. The summed E-state index contributed by atoms with van der Waals surface area (Å²) in [4.78, 5) is 4.09. The molecule has 96 valence electrons. The average molecular weight is 255 g/mol. The van der Waals surface area contributed by atoms with Crippen LogP contribution in [0.1, 0.15) is 11.3 Å². The summed E-state index contributed by atoms with van der Waals surface area (Å²) in [5, 5.41) is 8.67. The first-order chi connectivity index (χ1) is 9.28. The summed E-state index contributed by atoms with van der Waals surface area (Å²) in [6.07, 6.45) is 7.14. The zero-order valence-corrected chi connectivity index (χ0v) is 10.5. The van der Waals surface area contributed by atoms with Crippen LogP contribution in [0.3, 0.4) is 0 Å². The number of methoxy groups -OCH3 is 1. The summed E-state index contributed by atoms with van der Waals surface area (Å²) in [5.74, 6) is 0.891. The molecule has 0 aromatic carbocycles. The maximum Gasteiger partial charge on any atom is 0.216 e. The first-order valence-corrected chi connectivity index (χ1v) is 5.87. The second-order valence-electron chi connectivity index (χ2n) is 4.21. The number of pyridine rings is 1. The number of nitrogens with zero attached hydrogens (tertiary/aromatic N) is 2. The van der Waals surface area contributed by atoms with E-state index in [2.05, 4.69) is 9.55 Å². The minimum Gasteiger partial charge on any atom is -0.481 e. The molecule has 0 bridgehead atoms. The smallest absolute Gasteiger partial charge is 0.216 e. The Morgan fingerprint density at radius 1 is 1.47 bits per heavy atom. The summed E-state index contributed by atoms with van der Waals surface area (Å²) in [7, 11) is 1.47. The van der Waals surface area contributed by atoms with Gasteiger partial charge in [0.15, 0.2) is 0 Å². The van der Waals surface area contributed by atoms with Crippen molar-refractivity contribution in [2.45, 2.75) is 6.54 Å². The molecule has 5 heteroatoms. The number of hydrogen-bond acceptors (Lipinski definition) is 4. The van der Waals surface area contributed by atoms with E-state index in [-0.39, 0.29) is 5.90 Å². The molecule has 3 aromatic heterocycles. The van der Waals surface area contributed by atoms with Gasteiger partial charge in [0.05, 0.1) is 24.7 Å². The number of rotatable bonds is 3. The molecule has 3 aromatic rings. The van der Waals surface area contributed by atoms with Gasteiger partial charge in [0, 0.05) is 24.0 Å². The molecule has 0 amide bonds. The van der Waals surface area contributed by atoms with Gasteiger partial charge in [-0.2, -0.15) is 0 Å². The van der Waals surface area contributed by atoms with Gasteiger partial charge in [0.25, 0.3) is 0 Å². The first kappa shape index (κ1) is 11.5. The van der Waals surface area contributed by atoms with Crippen LogP contribution in [-0.2, 0) is 11.3 Å². The lowest BCUT2D eigenvalue weighted by Crippen LogP contribution is -1.99. The van der Waals surface area contributed by atoms with Crippen molar-refractivity contribution >= 4 is 16.8 Å². The van der Waals surface area contributed by atoms with Crippen molar-refractivity contribution in [1.82, 2.24) is 9.55 Å². The third-order valence-electron chi connectivity index (χ3n) is 3.02. The van der Waals surface area contributed by atoms with Crippen molar-refractivity contribution in [3.63, 3.8) is 0 Å². The molecule has 0 aliphatic heterocycles. The molecule has 0 spiro atoms. The van der Waals surface area contributed by atoms with Crippen LogP contribution in [0.2, 0.25) is 0 Å². The van der Waals surface area contributed by atoms with E-state index in [4.69, 9.17) is 14.6 Å². The highest BCUT2D eigenvalue weighted by atomic mass is 16.5. The second kappa shape index (κ2) is 4.61. The Morgan fingerprint density at radius 2 is 2.37 bits per heavy atom. The maximum absolute atomic E-state index is 7.58. The van der Waals surface area contributed by atoms with Crippen molar-refractivity contribution in [2.75, 3.05) is 7.11 Å². The third kappa shape index (κ3) is 2.10. The van der Waals surface area contributed by atoms with E-state index in [1.807, 2.05) is 30.6 Å². The van der Waals surface area contributed by atoms with E-state index in [0.29, 0.717) is 12.1 Å². The van der Waals surface area contributed by atoms with Crippen LogP contribution in [-0.4, -0.2) is 22.6 Å². The maximum atomic E-state index is 7.58. The lowest BCUT2D eigenvalue weighted by Gasteiger charge is -2.02. The molecule has 19 heavy (non-hydrogen) atoms. The Morgan fingerprint density at radius 3 is 3.21 bits per heavy atom. The summed E-state index contributed by atoms with van der Waals surface area (Å²) >= 11 is 0. The molecule has 1 N–H and O–H groups in total. The van der Waals surface area contributed by atoms with Crippen molar-refractivity contribution in [2.24, 2.45) is 0 Å². The summed E-state index contributed by atoms with van der Waals surface area (Å²) < 4.78 is 12.4. The topological polar surface area (TPSA) is 64.0 Å². The van der Waals surface area contributed by atoms with Crippen molar-refractivity contribution < 1.29 is 9.15 Å². The molecule has 0 radical (unpaired) electrons. The van der Waals surface area contributed by atoms with Crippen LogP contribution < -0.4 is 0 Å². The number of aromatic nitrogens is 2. The SMILES string of the molecule is COC(=N)c1coc(Cn2ccc3cnccc32)c1. The molecule has 0 saturated heterocycles. The molecular formula is C14H13N3O2. The summed E-state index contributed by atoms with van der Waals surface area (Å²) in [6.45, 7) is 0.616. The fraction of sp³-hybridized carbons (Fsp3) is 0.143. The van der Waals surface area contributed by atoms with Gasteiger partial charge in [-0.3, -0.25) is 10.4 Å². The molecule has 0 atom stereocenters. The predicted octanol–water partition coefficient (Wildman–Crippen LogP) is 2.65. The second-order valence-corrected chi connectivity index (χ2v) is 4.21. The lowest BCUT2D eigenvalue weighted by atomic mass is 10.3. The molecular weight excluding hydrogens is 242 g/mol. The van der Waals surface area contributed by atoms with Gasteiger partial charge in [-0.25, -0.2) is 0 Å². The minimum absolute atomic E-state index is 0.108. The number of fused-ring (bicyclic) bond motifs is 1. The van der Waals surface area contributed by atoms with Gasteiger partial charge in [0.2, 0.25) is 5.90 Å². The zero-order valence-electron chi connectivity index (χ0n) is 10.5. The van der Waals surface area contributed by atoms with Gasteiger partial charge < -0.3 is 13.7 Å². The first-order valence-electron chi connectivity index (χ1n) is 5.87. The molecule has 0 fully saturated rings. The standard InChI is InChI=1S/C14H13N3O2/c1-18-14(15)11-6-12(19-9-11)8-17-5-3-10-7-16-4-2-13(10)17/h2-7,9,15H,8H2,1H3. The van der Waals surface area contributed by atoms with E-state index < -0.39 is 0 Å². The molecule has 0 saturated carbocycles. The van der Waals surface area contributed by atoms with Crippen LogP contribution >= 0.6 is 0 Å². The van der Waals surface area contributed by atoms with E-state index in [0.717, 1.165) is 16.7 Å². The molecule has 3 rings (SSSR count). The quantitative estimate of drug-likeness (QED) is 0.578. The van der Waals surface area contributed by atoms with Gasteiger partial charge in [0.1, 0.15) is 12.0 Å². The fourth-order valence-electron chi connectivity index (χ4n) is 2.05. The van der Waals surface area contributed by atoms with Gasteiger partial charge >= 0.3 is 0 Å². The van der Waals surface area contributed by atoms with E-state index in [1.54, 1.807) is 6.20 Å². The third-order valence-corrected chi connectivity index (χ3v) is 3.02. The van der Waals surface area contributed by atoms with E-state index in [9.17, 15) is 0 Å². The molecule has 0 unspecified atom stereocenters. The Bertz CT molecular complexity index is 727. The Hall–Kier alpha value is -2.56. The number of hydrogen-bond donors (Lipinski definition) is 1. The van der Waals surface area contributed by atoms with Crippen molar-refractivity contribution in [3.8, 4) is 0 Å². The lowest BCUT2D eigenvalue weighted by molar-refractivity contribution is 0.400. The van der Waals surface area contributed by atoms with Crippen molar-refractivity contribution in [1.29, 1.82) is 5.41 Å². The fourth-order valence-corrected chi connectivity index (χ4v) is 2.05. The normalized spacial score (nSPS) is 10.8. The molecule has 0 aliphatic rings. The average Bonchev–Trinajstić information content (AvgIpc) is 3.06. The Labute approximate surface area is 109 Å². The van der Waals surface area contributed by atoms with Crippen LogP contribution in [0.5, 0.6) is 0 Å². The molecule has 5 nitrogen and oxygen atoms in total. The van der Waals surface area contributed by atoms with Crippen LogP contribution in [0, 0.1) is 5.41 Å². The molecule has 3 heterocycles. The zero-order chi connectivity index (χ0) is 13.2. The van der Waals surface area contributed by atoms with Crippen LogP contribution in [0.25, 0.3) is 10.9 Å². The van der Waals surface area contributed by atoms with Crippen molar-refractivity contribution in [3.05, 3.63) is 54.4 Å². The number of ether oxygens (including phenoxy) is 1. The minimum atomic E-state index is 0.108. The monoisotopic (exact) mass is 255 g/mol. The Balaban J connectivity index is 1.89. The summed E-state index contributed by atoms with van der Waals surface area (Å²) in [5.41, 5.74) is 1.75. The summed E-state index contributed by atoms with van der Waals surface area (Å²) in [6, 6.07) is 5.80. The van der Waals surface area contributed by atoms with E-state index >= 15 is 0 Å². The number of furan rings is 1. The van der Waals surface area contributed by atoms with Gasteiger partial charge in [-0.1, -0.05) is 0 Å². The van der Waals surface area contributed by atoms with Gasteiger partial charge in [-0.15, -0.1) is 0 Å². The van der Waals surface area contributed by atoms with E-state index in [1.165, 1.54) is 13.4 Å². The highest BCUT2D eigenvalue weighted by Crippen LogP contribution is 2.17. The van der Waals surface area contributed by atoms with Crippen LogP contribution in [0.15, 0.2) is 47.5 Å². The largest absolute Gasteiger partial charge is 0.481 e. The number of nitrogens with one attached hydrogen (secondary N) is 1. The Kier molecular flexibility index (Phi) is 2.79.